The van der Waals surface area contributed by atoms with Crippen molar-refractivity contribution < 1.29 is 18.0 Å². The standard InChI is InChI=1S/C12H21F3N2O/c1-4-11(3,16)10(18)17(7-12(13,14)15)8(2)9-5-6-9/h8-9H,4-7,16H2,1-3H3. The van der Waals surface area contributed by atoms with E-state index in [0.717, 1.165) is 17.7 Å². The maximum absolute atomic E-state index is 12.6. The molecule has 0 aromatic rings. The van der Waals surface area contributed by atoms with Crippen molar-refractivity contribution in [2.75, 3.05) is 6.54 Å². The molecule has 0 spiro atoms. The van der Waals surface area contributed by atoms with Crippen LogP contribution in [0.25, 0.3) is 0 Å². The second kappa shape index (κ2) is 5.07. The molecule has 18 heavy (non-hydrogen) atoms. The van der Waals surface area contributed by atoms with Crippen LogP contribution >= 0.6 is 0 Å². The Bertz CT molecular complexity index is 311. The van der Waals surface area contributed by atoms with E-state index >= 15 is 0 Å². The topological polar surface area (TPSA) is 46.3 Å². The number of nitrogens with zero attached hydrogens (tertiary/aromatic N) is 1. The zero-order chi connectivity index (χ0) is 14.1. The molecule has 1 rings (SSSR count). The van der Waals surface area contributed by atoms with Crippen molar-refractivity contribution in [1.29, 1.82) is 0 Å². The molecule has 6 heteroatoms. The number of amides is 1. The second-order valence-electron chi connectivity index (χ2n) is 5.40. The third-order valence-corrected chi connectivity index (χ3v) is 3.63. The van der Waals surface area contributed by atoms with E-state index in [9.17, 15) is 18.0 Å². The first-order valence-corrected chi connectivity index (χ1v) is 6.25. The largest absolute Gasteiger partial charge is 0.406 e. The summed E-state index contributed by atoms with van der Waals surface area (Å²) in [6, 6.07) is -0.395. The van der Waals surface area contributed by atoms with Crippen LogP contribution in [0.1, 0.15) is 40.0 Å². The van der Waals surface area contributed by atoms with Gasteiger partial charge in [-0.2, -0.15) is 13.2 Å². The molecule has 1 amide bonds. The highest BCUT2D eigenvalue weighted by molar-refractivity contribution is 5.86. The zero-order valence-corrected chi connectivity index (χ0v) is 11.0. The summed E-state index contributed by atoms with van der Waals surface area (Å²) in [5.74, 6) is -0.425. The van der Waals surface area contributed by atoms with Gasteiger partial charge in [-0.1, -0.05) is 6.92 Å². The average Bonchev–Trinajstić information content (AvgIpc) is 3.06. The monoisotopic (exact) mass is 266 g/mol. The molecule has 106 valence electrons. The quantitative estimate of drug-likeness (QED) is 0.830. The van der Waals surface area contributed by atoms with Gasteiger partial charge in [0.05, 0.1) is 5.54 Å². The number of alkyl halides is 3. The van der Waals surface area contributed by atoms with E-state index in [-0.39, 0.29) is 5.92 Å². The fourth-order valence-corrected chi connectivity index (χ4v) is 1.91. The fraction of sp³-hybridized carbons (Fsp3) is 0.917. The predicted octanol–water partition coefficient (Wildman–Crippen LogP) is 2.30. The summed E-state index contributed by atoms with van der Waals surface area (Å²) in [5, 5.41) is 0. The Morgan fingerprint density at radius 3 is 2.28 bits per heavy atom. The van der Waals surface area contributed by atoms with Crippen LogP contribution in [0.3, 0.4) is 0 Å². The zero-order valence-electron chi connectivity index (χ0n) is 11.0. The summed E-state index contributed by atoms with van der Waals surface area (Å²) < 4.78 is 37.7. The highest BCUT2D eigenvalue weighted by Gasteiger charge is 2.43. The second-order valence-corrected chi connectivity index (χ2v) is 5.40. The van der Waals surface area contributed by atoms with E-state index < -0.39 is 30.2 Å². The van der Waals surface area contributed by atoms with Crippen LogP contribution in [-0.2, 0) is 4.79 Å². The minimum absolute atomic E-state index is 0.184. The summed E-state index contributed by atoms with van der Waals surface area (Å²) in [6.45, 7) is 3.65. The minimum atomic E-state index is -4.39. The van der Waals surface area contributed by atoms with E-state index in [0.29, 0.717) is 6.42 Å². The molecule has 0 aliphatic heterocycles. The molecule has 0 bridgehead atoms. The van der Waals surface area contributed by atoms with E-state index in [1.807, 2.05) is 0 Å². The van der Waals surface area contributed by atoms with Gasteiger partial charge in [-0.05, 0) is 39.0 Å². The van der Waals surface area contributed by atoms with Gasteiger partial charge in [0.2, 0.25) is 5.91 Å². The molecular weight excluding hydrogens is 245 g/mol. The molecule has 2 unspecified atom stereocenters. The molecule has 2 atom stereocenters. The number of rotatable bonds is 5. The van der Waals surface area contributed by atoms with E-state index in [2.05, 4.69) is 0 Å². The molecule has 3 nitrogen and oxygen atoms in total. The number of carbonyl (C=O) groups excluding carboxylic acids is 1. The highest BCUT2D eigenvalue weighted by atomic mass is 19.4. The molecule has 1 aliphatic carbocycles. The molecule has 0 aromatic heterocycles. The van der Waals surface area contributed by atoms with Crippen molar-refractivity contribution in [3.63, 3.8) is 0 Å². The molecule has 2 N–H and O–H groups in total. The van der Waals surface area contributed by atoms with Crippen LogP contribution in [0.5, 0.6) is 0 Å². The minimum Gasteiger partial charge on any atom is -0.329 e. The van der Waals surface area contributed by atoms with Crippen LogP contribution in [0.4, 0.5) is 13.2 Å². The van der Waals surface area contributed by atoms with Crippen molar-refractivity contribution >= 4 is 5.91 Å². The van der Waals surface area contributed by atoms with E-state index in [4.69, 9.17) is 5.73 Å². The van der Waals surface area contributed by atoms with Crippen LogP contribution in [-0.4, -0.2) is 35.1 Å². The molecular formula is C12H21F3N2O. The van der Waals surface area contributed by atoms with Gasteiger partial charge in [0.15, 0.2) is 0 Å². The molecule has 0 aromatic carbocycles. The first kappa shape index (κ1) is 15.3. The van der Waals surface area contributed by atoms with Crippen molar-refractivity contribution in [3.8, 4) is 0 Å². The summed E-state index contributed by atoms with van der Waals surface area (Å²) >= 11 is 0. The normalized spacial score (nSPS) is 21.3. The van der Waals surface area contributed by atoms with Crippen LogP contribution in [0.15, 0.2) is 0 Å². The highest BCUT2D eigenvalue weighted by Crippen LogP contribution is 2.36. The lowest BCUT2D eigenvalue weighted by Crippen LogP contribution is -2.57. The Kier molecular flexibility index (Phi) is 4.30. The van der Waals surface area contributed by atoms with Gasteiger partial charge in [0, 0.05) is 6.04 Å². The van der Waals surface area contributed by atoms with Gasteiger partial charge in [-0.25, -0.2) is 0 Å². The van der Waals surface area contributed by atoms with E-state index in [1.165, 1.54) is 6.92 Å². The fourth-order valence-electron chi connectivity index (χ4n) is 1.91. The Balaban J connectivity index is 2.86. The van der Waals surface area contributed by atoms with Crippen LogP contribution in [0, 0.1) is 5.92 Å². The number of halogens is 3. The maximum atomic E-state index is 12.6. The Labute approximate surface area is 106 Å². The summed E-state index contributed by atoms with van der Waals surface area (Å²) in [6.07, 6.45) is -2.30. The lowest BCUT2D eigenvalue weighted by Gasteiger charge is -2.36. The molecule has 0 radical (unpaired) electrons. The lowest BCUT2D eigenvalue weighted by atomic mass is 9.97. The first-order chi connectivity index (χ1) is 8.08. The van der Waals surface area contributed by atoms with Gasteiger partial charge < -0.3 is 10.6 Å². The van der Waals surface area contributed by atoms with E-state index in [1.54, 1.807) is 13.8 Å². The summed E-state index contributed by atoms with van der Waals surface area (Å²) in [4.78, 5) is 13.1. The van der Waals surface area contributed by atoms with Gasteiger partial charge in [-0.15, -0.1) is 0 Å². The SMILES string of the molecule is CCC(C)(N)C(=O)N(CC(F)(F)F)C(C)C1CC1. The van der Waals surface area contributed by atoms with Gasteiger partial charge in [0.1, 0.15) is 6.54 Å². The summed E-state index contributed by atoms with van der Waals surface area (Å²) in [5.41, 5.74) is 4.55. The van der Waals surface area contributed by atoms with Crippen molar-refractivity contribution in [2.45, 2.75) is 57.8 Å². The van der Waals surface area contributed by atoms with Crippen molar-refractivity contribution in [1.82, 2.24) is 4.90 Å². The van der Waals surface area contributed by atoms with Crippen molar-refractivity contribution in [3.05, 3.63) is 0 Å². The first-order valence-electron chi connectivity index (χ1n) is 6.25. The molecule has 1 aliphatic rings. The number of hydrogen-bond acceptors (Lipinski definition) is 2. The molecule has 0 heterocycles. The Hall–Kier alpha value is -0.780. The predicted molar refractivity (Wildman–Crippen MR) is 62.8 cm³/mol. The van der Waals surface area contributed by atoms with Crippen LogP contribution < -0.4 is 5.73 Å². The third kappa shape index (κ3) is 3.86. The van der Waals surface area contributed by atoms with Gasteiger partial charge in [0.25, 0.3) is 0 Å². The lowest BCUT2D eigenvalue weighted by molar-refractivity contribution is -0.169. The van der Waals surface area contributed by atoms with Gasteiger partial charge >= 0.3 is 6.18 Å². The van der Waals surface area contributed by atoms with Gasteiger partial charge in [-0.3, -0.25) is 4.79 Å². The maximum Gasteiger partial charge on any atom is 0.406 e. The number of nitrogens with two attached hydrogens (primary N) is 1. The van der Waals surface area contributed by atoms with Crippen LogP contribution in [0.2, 0.25) is 0 Å². The molecule has 0 saturated heterocycles. The third-order valence-electron chi connectivity index (χ3n) is 3.63. The Morgan fingerprint density at radius 1 is 1.44 bits per heavy atom. The number of hydrogen-bond donors (Lipinski definition) is 1. The average molecular weight is 266 g/mol. The molecule has 1 fully saturated rings. The van der Waals surface area contributed by atoms with Crippen molar-refractivity contribution in [2.24, 2.45) is 11.7 Å². The summed E-state index contributed by atoms with van der Waals surface area (Å²) in [7, 11) is 0. The Morgan fingerprint density at radius 2 is 1.94 bits per heavy atom. The molecule has 1 saturated carbocycles. The smallest absolute Gasteiger partial charge is 0.329 e. The number of carbonyl (C=O) groups is 1.